The summed E-state index contributed by atoms with van der Waals surface area (Å²) in [6.45, 7) is 3.43. The second kappa shape index (κ2) is 9.59. The van der Waals surface area contributed by atoms with E-state index in [9.17, 15) is 9.59 Å². The first-order valence-corrected chi connectivity index (χ1v) is 7.29. The first-order valence-electron chi connectivity index (χ1n) is 7.29. The van der Waals surface area contributed by atoms with Gasteiger partial charge in [0, 0.05) is 12.8 Å². The summed E-state index contributed by atoms with van der Waals surface area (Å²) in [6, 6.07) is 0. The van der Waals surface area contributed by atoms with Crippen molar-refractivity contribution in [3.05, 3.63) is 12.5 Å². The Morgan fingerprint density at radius 1 is 0.632 bits per heavy atom. The van der Waals surface area contributed by atoms with E-state index in [4.69, 9.17) is 9.47 Å². The van der Waals surface area contributed by atoms with E-state index in [0.29, 0.717) is 12.8 Å². The minimum absolute atomic E-state index is 0.193. The lowest BCUT2D eigenvalue weighted by molar-refractivity contribution is -0.153. The van der Waals surface area contributed by atoms with Crippen molar-refractivity contribution in [3.63, 3.8) is 0 Å². The smallest absolute Gasteiger partial charge is 0.313 e. The van der Waals surface area contributed by atoms with Crippen molar-refractivity contribution in [2.45, 2.75) is 70.6 Å². The van der Waals surface area contributed by atoms with Gasteiger partial charge in [-0.15, -0.1) is 0 Å². The molecule has 0 aromatic heterocycles. The zero-order valence-electron chi connectivity index (χ0n) is 11.6. The quantitative estimate of drug-likeness (QED) is 0.626. The number of cyclic esters (lactones) is 2. The van der Waals surface area contributed by atoms with Crippen LogP contribution in [0, 0.1) is 0 Å². The molecule has 108 valence electrons. The van der Waals surface area contributed by atoms with Gasteiger partial charge in [-0.1, -0.05) is 44.9 Å². The maximum atomic E-state index is 11.4. The Morgan fingerprint density at radius 2 is 0.947 bits per heavy atom. The fourth-order valence-electron chi connectivity index (χ4n) is 2.15. The van der Waals surface area contributed by atoms with Gasteiger partial charge in [-0.3, -0.25) is 9.59 Å². The molecule has 0 N–H and O–H groups in total. The number of ether oxygens (including phenoxy) is 2. The van der Waals surface area contributed by atoms with Crippen molar-refractivity contribution in [2.75, 3.05) is 0 Å². The maximum Gasteiger partial charge on any atom is 0.313 e. The van der Waals surface area contributed by atoms with Crippen LogP contribution in [-0.2, 0) is 19.1 Å². The normalized spacial score (nSPS) is 21.6. The van der Waals surface area contributed by atoms with Crippen LogP contribution in [0.3, 0.4) is 0 Å². The molecule has 0 saturated carbocycles. The van der Waals surface area contributed by atoms with Crippen LogP contribution in [0.1, 0.15) is 70.6 Å². The van der Waals surface area contributed by atoms with Crippen molar-refractivity contribution in [1.82, 2.24) is 0 Å². The lowest BCUT2D eigenvalue weighted by Gasteiger charge is -2.08. The van der Waals surface area contributed by atoms with Gasteiger partial charge in [0.25, 0.3) is 5.95 Å². The fraction of sp³-hybridized carbons (Fsp3) is 0.733. The molecule has 0 bridgehead atoms. The Bertz CT molecular complexity index is 281. The molecule has 19 heavy (non-hydrogen) atoms. The van der Waals surface area contributed by atoms with Crippen LogP contribution >= 0.6 is 0 Å². The van der Waals surface area contributed by atoms with E-state index < -0.39 is 0 Å². The molecule has 1 aliphatic rings. The Balaban J connectivity index is 2.35. The van der Waals surface area contributed by atoms with Gasteiger partial charge in [0.1, 0.15) is 0 Å². The number of hydrogen-bond donors (Lipinski definition) is 0. The van der Waals surface area contributed by atoms with E-state index >= 15 is 0 Å². The summed E-state index contributed by atoms with van der Waals surface area (Å²) in [5, 5.41) is 0. The molecule has 0 aromatic rings. The molecule has 0 radical (unpaired) electrons. The minimum Gasteiger partial charge on any atom is -0.393 e. The van der Waals surface area contributed by atoms with Gasteiger partial charge >= 0.3 is 11.9 Å². The van der Waals surface area contributed by atoms with Gasteiger partial charge in [0.2, 0.25) is 0 Å². The van der Waals surface area contributed by atoms with E-state index in [0.717, 1.165) is 25.7 Å². The van der Waals surface area contributed by atoms with Crippen LogP contribution in [0.25, 0.3) is 0 Å². The number of hydrogen-bond acceptors (Lipinski definition) is 4. The molecule has 1 fully saturated rings. The van der Waals surface area contributed by atoms with E-state index in [2.05, 4.69) is 6.58 Å². The summed E-state index contributed by atoms with van der Waals surface area (Å²) in [5.41, 5.74) is 0. The number of rotatable bonds is 0. The Kier molecular flexibility index (Phi) is 7.94. The van der Waals surface area contributed by atoms with Crippen LogP contribution < -0.4 is 0 Å². The second-order valence-electron chi connectivity index (χ2n) is 5.00. The molecular weight excluding hydrogens is 244 g/mol. The van der Waals surface area contributed by atoms with Crippen molar-refractivity contribution >= 4 is 11.9 Å². The van der Waals surface area contributed by atoms with Crippen LogP contribution in [0.4, 0.5) is 0 Å². The van der Waals surface area contributed by atoms with Gasteiger partial charge in [-0.25, -0.2) is 0 Å². The van der Waals surface area contributed by atoms with Crippen molar-refractivity contribution in [2.24, 2.45) is 0 Å². The van der Waals surface area contributed by atoms with E-state index in [1.165, 1.54) is 32.1 Å². The van der Waals surface area contributed by atoms with Crippen LogP contribution in [-0.4, -0.2) is 11.9 Å². The maximum absolute atomic E-state index is 11.4. The first kappa shape index (κ1) is 15.7. The molecule has 4 heteroatoms. The number of esters is 2. The van der Waals surface area contributed by atoms with Crippen LogP contribution in [0.5, 0.6) is 0 Å². The van der Waals surface area contributed by atoms with E-state index in [1.54, 1.807) is 0 Å². The molecule has 0 unspecified atom stereocenters. The lowest BCUT2D eigenvalue weighted by atomic mass is 10.1. The molecule has 1 heterocycles. The third-order valence-electron chi connectivity index (χ3n) is 3.22. The summed E-state index contributed by atoms with van der Waals surface area (Å²) in [4.78, 5) is 22.8. The van der Waals surface area contributed by atoms with Crippen molar-refractivity contribution < 1.29 is 19.1 Å². The molecule has 0 atom stereocenters. The van der Waals surface area contributed by atoms with Crippen LogP contribution in [0.2, 0.25) is 0 Å². The molecule has 4 nitrogen and oxygen atoms in total. The zero-order valence-corrected chi connectivity index (χ0v) is 11.6. The first-order chi connectivity index (χ1) is 9.18. The highest BCUT2D eigenvalue weighted by molar-refractivity contribution is 5.72. The van der Waals surface area contributed by atoms with Gasteiger partial charge in [-0.05, 0) is 19.4 Å². The average molecular weight is 268 g/mol. The summed E-state index contributed by atoms with van der Waals surface area (Å²) < 4.78 is 9.69. The predicted molar refractivity (Wildman–Crippen MR) is 72.1 cm³/mol. The third kappa shape index (κ3) is 8.41. The highest BCUT2D eigenvalue weighted by Gasteiger charge is 2.11. The highest BCUT2D eigenvalue weighted by atomic mass is 16.7. The van der Waals surface area contributed by atoms with Gasteiger partial charge in [-0.2, -0.15) is 0 Å². The minimum atomic E-state index is -0.370. The fourth-order valence-corrected chi connectivity index (χ4v) is 2.15. The Labute approximate surface area is 115 Å². The second-order valence-corrected chi connectivity index (χ2v) is 5.00. The van der Waals surface area contributed by atoms with E-state index in [1.807, 2.05) is 0 Å². The van der Waals surface area contributed by atoms with E-state index in [-0.39, 0.29) is 17.9 Å². The van der Waals surface area contributed by atoms with Gasteiger partial charge in [0.05, 0.1) is 0 Å². The number of carbonyl (C=O) groups excluding carboxylic acids is 2. The molecule has 0 aliphatic carbocycles. The van der Waals surface area contributed by atoms with Gasteiger partial charge in [0.15, 0.2) is 0 Å². The Hall–Kier alpha value is -1.32. The van der Waals surface area contributed by atoms with Crippen molar-refractivity contribution in [3.8, 4) is 0 Å². The molecule has 0 amide bonds. The number of carbonyl (C=O) groups is 2. The Morgan fingerprint density at radius 3 is 1.32 bits per heavy atom. The highest BCUT2D eigenvalue weighted by Crippen LogP contribution is 2.13. The topological polar surface area (TPSA) is 52.6 Å². The molecule has 1 aliphatic heterocycles. The lowest BCUT2D eigenvalue weighted by Crippen LogP contribution is -2.10. The zero-order chi connectivity index (χ0) is 13.9. The summed E-state index contributed by atoms with van der Waals surface area (Å²) in [7, 11) is 0. The molecule has 1 rings (SSSR count). The SMILES string of the molecule is C=C1OC(=O)CCCCCCCCCCCC(=O)O1. The summed E-state index contributed by atoms with van der Waals surface area (Å²) in [6.07, 6.45) is 10.5. The van der Waals surface area contributed by atoms with Crippen LogP contribution in [0.15, 0.2) is 12.5 Å². The van der Waals surface area contributed by atoms with Crippen molar-refractivity contribution in [1.29, 1.82) is 0 Å². The summed E-state index contributed by atoms with van der Waals surface area (Å²) in [5.74, 6) is -0.933. The molecule has 0 aromatic carbocycles. The molecule has 0 spiro atoms. The predicted octanol–water partition coefficient (Wildman–Crippen LogP) is 3.85. The average Bonchev–Trinajstić information content (AvgIpc) is 2.34. The molecular formula is C15H24O4. The third-order valence-corrected chi connectivity index (χ3v) is 3.22. The van der Waals surface area contributed by atoms with Gasteiger partial charge < -0.3 is 9.47 Å². The standard InChI is InChI=1S/C15H24O4/c1-13-18-14(16)11-9-7-5-3-2-4-6-8-10-12-15(17)19-13/h1-12H2. The monoisotopic (exact) mass is 268 g/mol. The molecule has 1 saturated heterocycles. The summed E-state index contributed by atoms with van der Waals surface area (Å²) >= 11 is 0. The largest absolute Gasteiger partial charge is 0.393 e.